The van der Waals surface area contributed by atoms with E-state index in [4.69, 9.17) is 4.74 Å². The normalized spacial score (nSPS) is 19.8. The summed E-state index contributed by atoms with van der Waals surface area (Å²) in [5.41, 5.74) is 2.38. The van der Waals surface area contributed by atoms with Crippen molar-refractivity contribution in [1.82, 2.24) is 0 Å². The van der Waals surface area contributed by atoms with E-state index >= 15 is 0 Å². The minimum atomic E-state index is -4.47. The van der Waals surface area contributed by atoms with Crippen LogP contribution < -0.4 is 5.32 Å². The summed E-state index contributed by atoms with van der Waals surface area (Å²) in [6.07, 6.45) is 2.35. The third-order valence-corrected chi connectivity index (χ3v) is 5.63. The molecule has 1 aliphatic heterocycles. The van der Waals surface area contributed by atoms with Gasteiger partial charge >= 0.3 is 6.18 Å². The summed E-state index contributed by atoms with van der Waals surface area (Å²) in [6, 6.07) is 5.61. The second kappa shape index (κ2) is 6.86. The van der Waals surface area contributed by atoms with Gasteiger partial charge in [0.25, 0.3) is 0 Å². The van der Waals surface area contributed by atoms with Gasteiger partial charge < -0.3 is 10.1 Å². The van der Waals surface area contributed by atoms with Crippen LogP contribution in [0.1, 0.15) is 43.7 Å². The van der Waals surface area contributed by atoms with Crippen molar-refractivity contribution in [2.75, 3.05) is 19.0 Å². The molecule has 1 aromatic carbocycles. The van der Waals surface area contributed by atoms with Crippen LogP contribution in [-0.4, -0.2) is 19.8 Å². The van der Waals surface area contributed by atoms with Crippen molar-refractivity contribution in [2.24, 2.45) is 0 Å². The van der Waals surface area contributed by atoms with Gasteiger partial charge in [-0.1, -0.05) is 25.5 Å². The smallest absolute Gasteiger partial charge is 0.416 e. The summed E-state index contributed by atoms with van der Waals surface area (Å²) >= 11 is 0. The van der Waals surface area contributed by atoms with Gasteiger partial charge in [0, 0.05) is 17.6 Å². The van der Waals surface area contributed by atoms with E-state index < -0.39 is 11.7 Å². The van der Waals surface area contributed by atoms with Crippen molar-refractivity contribution >= 4 is 11.3 Å². The highest BCUT2D eigenvalue weighted by atomic mass is 19.4. The van der Waals surface area contributed by atoms with E-state index in [2.05, 4.69) is 11.9 Å². The number of ether oxygens (including phenoxy) is 1. The van der Waals surface area contributed by atoms with Crippen molar-refractivity contribution < 1.29 is 17.9 Å². The molecule has 0 aromatic heterocycles. The number of hydrogen-bond acceptors (Lipinski definition) is 2. The number of rotatable bonds is 4. The SMILES string of the molecule is C=C/C(=C\C(=C(/C)c1ccc2c(c1)C1(CCCC1)CN2)C(F)(F)F)OC. The maximum Gasteiger partial charge on any atom is 0.416 e. The highest BCUT2D eigenvalue weighted by Gasteiger charge is 2.41. The molecular formula is C21H24F3NO. The first-order chi connectivity index (χ1) is 12.3. The van der Waals surface area contributed by atoms with Crippen LogP contribution >= 0.6 is 0 Å². The van der Waals surface area contributed by atoms with Crippen LogP contribution in [0.25, 0.3) is 5.57 Å². The molecule has 5 heteroatoms. The molecule has 0 amide bonds. The van der Waals surface area contributed by atoms with E-state index in [1.54, 1.807) is 6.07 Å². The Hall–Kier alpha value is -2.17. The predicted molar refractivity (Wildman–Crippen MR) is 99.0 cm³/mol. The molecule has 0 bridgehead atoms. The summed E-state index contributed by atoms with van der Waals surface area (Å²) in [5.74, 6) is 0.0896. The van der Waals surface area contributed by atoms with Crippen LogP contribution in [0.15, 0.2) is 48.3 Å². The fourth-order valence-electron chi connectivity index (χ4n) is 4.13. The monoisotopic (exact) mass is 363 g/mol. The van der Waals surface area contributed by atoms with Gasteiger partial charge in [-0.25, -0.2) is 0 Å². The fourth-order valence-corrected chi connectivity index (χ4v) is 4.13. The summed E-state index contributed by atoms with van der Waals surface area (Å²) in [6.45, 7) is 5.90. The summed E-state index contributed by atoms with van der Waals surface area (Å²) in [7, 11) is 1.34. The van der Waals surface area contributed by atoms with Crippen molar-refractivity contribution in [3.63, 3.8) is 0 Å². The van der Waals surface area contributed by atoms with E-state index in [-0.39, 0.29) is 16.7 Å². The van der Waals surface area contributed by atoms with Crippen molar-refractivity contribution in [1.29, 1.82) is 0 Å². The molecule has 1 N–H and O–H groups in total. The molecule has 1 heterocycles. The van der Waals surface area contributed by atoms with Crippen LogP contribution in [0.5, 0.6) is 0 Å². The van der Waals surface area contributed by atoms with Gasteiger partial charge in [-0.05, 0) is 60.8 Å². The van der Waals surface area contributed by atoms with Gasteiger partial charge in [-0.3, -0.25) is 0 Å². The average Bonchev–Trinajstić information content (AvgIpc) is 3.23. The lowest BCUT2D eigenvalue weighted by atomic mass is 9.80. The number of benzene rings is 1. The van der Waals surface area contributed by atoms with E-state index in [0.29, 0.717) is 5.56 Å². The first-order valence-corrected chi connectivity index (χ1v) is 8.86. The fraction of sp³-hybridized carbons (Fsp3) is 0.429. The zero-order valence-electron chi connectivity index (χ0n) is 15.2. The van der Waals surface area contributed by atoms with E-state index in [9.17, 15) is 13.2 Å². The van der Waals surface area contributed by atoms with Crippen molar-refractivity contribution in [2.45, 2.75) is 44.2 Å². The highest BCUT2D eigenvalue weighted by molar-refractivity contribution is 5.75. The molecule has 2 nitrogen and oxygen atoms in total. The lowest BCUT2D eigenvalue weighted by molar-refractivity contribution is -0.0879. The van der Waals surface area contributed by atoms with Gasteiger partial charge in [-0.2, -0.15) is 13.2 Å². The molecular weight excluding hydrogens is 339 g/mol. The molecule has 2 aliphatic rings. The third-order valence-electron chi connectivity index (χ3n) is 5.63. The molecule has 1 aromatic rings. The van der Waals surface area contributed by atoms with E-state index in [1.165, 1.54) is 33.0 Å². The Balaban J connectivity index is 2.10. The third kappa shape index (κ3) is 3.27. The van der Waals surface area contributed by atoms with Crippen LogP contribution in [0.2, 0.25) is 0 Å². The molecule has 1 saturated carbocycles. The Morgan fingerprint density at radius 3 is 2.54 bits per heavy atom. The van der Waals surface area contributed by atoms with Crippen LogP contribution in [-0.2, 0) is 10.2 Å². The zero-order chi connectivity index (χ0) is 18.9. The lowest BCUT2D eigenvalue weighted by Crippen LogP contribution is -2.24. The standard InChI is InChI=1S/C21H24F3NO/c1-4-16(26-3)12-17(21(22,23)24)14(2)15-7-8-19-18(11-15)20(13-25-19)9-5-6-10-20/h4,7-8,11-12,25H,1,5-6,9-10,13H2,2-3H3/b16-12+,17-14-. The minimum absolute atomic E-state index is 0.0820. The number of halogens is 3. The Morgan fingerprint density at radius 1 is 1.27 bits per heavy atom. The number of anilines is 1. The molecule has 1 spiro atoms. The van der Waals surface area contributed by atoms with Gasteiger partial charge in [0.1, 0.15) is 5.76 Å². The Morgan fingerprint density at radius 2 is 1.96 bits per heavy atom. The number of alkyl halides is 3. The summed E-state index contributed by atoms with van der Waals surface area (Å²) in [4.78, 5) is 0. The molecule has 3 rings (SSSR count). The quantitative estimate of drug-likeness (QED) is 0.525. The molecule has 1 aliphatic carbocycles. The maximum absolute atomic E-state index is 13.7. The molecule has 26 heavy (non-hydrogen) atoms. The van der Waals surface area contributed by atoms with Gasteiger partial charge in [0.05, 0.1) is 12.7 Å². The lowest BCUT2D eigenvalue weighted by Gasteiger charge is -2.23. The van der Waals surface area contributed by atoms with Crippen molar-refractivity contribution in [3.8, 4) is 0 Å². The van der Waals surface area contributed by atoms with Crippen molar-refractivity contribution in [3.05, 3.63) is 59.4 Å². The first-order valence-electron chi connectivity index (χ1n) is 8.86. The number of allylic oxidation sites excluding steroid dienone is 4. The minimum Gasteiger partial charge on any atom is -0.497 e. The molecule has 140 valence electrons. The number of fused-ring (bicyclic) bond motifs is 2. The van der Waals surface area contributed by atoms with Gasteiger partial charge in [-0.15, -0.1) is 0 Å². The number of nitrogens with one attached hydrogen (secondary N) is 1. The molecule has 0 unspecified atom stereocenters. The Bertz CT molecular complexity index is 768. The largest absolute Gasteiger partial charge is 0.497 e. The average molecular weight is 363 g/mol. The zero-order valence-corrected chi connectivity index (χ0v) is 15.2. The van der Waals surface area contributed by atoms with Crippen LogP contribution in [0.4, 0.5) is 18.9 Å². The van der Waals surface area contributed by atoms with Gasteiger partial charge in [0.15, 0.2) is 0 Å². The number of hydrogen-bond donors (Lipinski definition) is 1. The first kappa shape index (κ1) is 18.6. The highest BCUT2D eigenvalue weighted by Crippen LogP contribution is 2.48. The molecule has 0 atom stereocenters. The molecule has 1 fully saturated rings. The van der Waals surface area contributed by atoms with E-state index in [0.717, 1.165) is 36.7 Å². The van der Waals surface area contributed by atoms with Crippen LogP contribution in [0.3, 0.4) is 0 Å². The van der Waals surface area contributed by atoms with E-state index in [1.807, 2.05) is 12.1 Å². The summed E-state index contributed by atoms with van der Waals surface area (Å²) in [5, 5.41) is 3.43. The maximum atomic E-state index is 13.7. The van der Waals surface area contributed by atoms with Crippen LogP contribution in [0, 0.1) is 0 Å². The Labute approximate surface area is 152 Å². The second-order valence-corrected chi connectivity index (χ2v) is 7.09. The Kier molecular flexibility index (Phi) is 4.91. The summed E-state index contributed by atoms with van der Waals surface area (Å²) < 4.78 is 45.9. The topological polar surface area (TPSA) is 21.3 Å². The molecule has 0 saturated heterocycles. The predicted octanol–water partition coefficient (Wildman–Crippen LogP) is 5.98. The molecule has 0 radical (unpaired) electrons. The van der Waals surface area contributed by atoms with Gasteiger partial charge in [0.2, 0.25) is 0 Å². The second-order valence-electron chi connectivity index (χ2n) is 7.09. The number of methoxy groups -OCH3 is 1.